The van der Waals surface area contributed by atoms with Gasteiger partial charge in [0, 0.05) is 23.5 Å². The Balaban J connectivity index is 1.97. The summed E-state index contributed by atoms with van der Waals surface area (Å²) in [5, 5.41) is 33.4. The second kappa shape index (κ2) is 9.27. The number of hydrogen-bond donors (Lipinski definition) is 4. The van der Waals surface area contributed by atoms with Crippen LogP contribution in [0.1, 0.15) is 37.6 Å². The zero-order valence-corrected chi connectivity index (χ0v) is 17.9. The van der Waals surface area contributed by atoms with Crippen molar-refractivity contribution in [2.45, 2.75) is 57.3 Å². The Morgan fingerprint density at radius 2 is 1.94 bits per heavy atom. The zero-order chi connectivity index (χ0) is 22.8. The van der Waals surface area contributed by atoms with Gasteiger partial charge in [0.2, 0.25) is 5.91 Å². The number of aromatic nitrogens is 1. The number of hydrogen-bond acceptors (Lipinski definition) is 7. The minimum atomic E-state index is -1.29. The Kier molecular flexibility index (Phi) is 6.90. The molecule has 1 aliphatic rings. The van der Waals surface area contributed by atoms with Crippen LogP contribution in [-0.4, -0.2) is 80.2 Å². The lowest BCUT2D eigenvalue weighted by Gasteiger charge is -2.41. The summed E-state index contributed by atoms with van der Waals surface area (Å²) in [5.41, 5.74) is 0.251. The second-order valence-corrected chi connectivity index (χ2v) is 8.72. The monoisotopic (exact) mass is 431 g/mol. The summed E-state index contributed by atoms with van der Waals surface area (Å²) in [6, 6.07) is 8.76. The summed E-state index contributed by atoms with van der Waals surface area (Å²) in [6.07, 6.45) is -3.14. The molecule has 0 saturated carbocycles. The van der Waals surface area contributed by atoms with Crippen LogP contribution in [-0.2, 0) is 9.53 Å². The van der Waals surface area contributed by atoms with Gasteiger partial charge in [-0.2, -0.15) is 0 Å². The Labute approximate surface area is 180 Å². The van der Waals surface area contributed by atoms with Gasteiger partial charge in [-0.3, -0.25) is 14.6 Å². The van der Waals surface area contributed by atoms with Crippen molar-refractivity contribution in [1.29, 1.82) is 0 Å². The average Bonchev–Trinajstić information content (AvgIpc) is 2.71. The van der Waals surface area contributed by atoms with Crippen molar-refractivity contribution in [3.8, 4) is 0 Å². The molecule has 1 saturated heterocycles. The molecule has 9 nitrogen and oxygen atoms in total. The van der Waals surface area contributed by atoms with Crippen molar-refractivity contribution in [3.05, 3.63) is 42.1 Å². The molecule has 0 aliphatic carbocycles. The van der Waals surface area contributed by atoms with Crippen LogP contribution in [0.3, 0.4) is 0 Å². The SMILES string of the molecule is CC(C)(C)NC(=O)CN(C(=O)c1cccc2cccnc12)[C@H]1C[C@@H](O)[C@@H](O)C(CO)O1. The Hall–Kier alpha value is -2.59. The summed E-state index contributed by atoms with van der Waals surface area (Å²) in [4.78, 5) is 31.8. The molecule has 0 bridgehead atoms. The number of nitrogens with zero attached hydrogens (tertiary/aromatic N) is 2. The van der Waals surface area contributed by atoms with E-state index in [-0.39, 0.29) is 18.5 Å². The van der Waals surface area contributed by atoms with E-state index in [4.69, 9.17) is 4.74 Å². The van der Waals surface area contributed by atoms with Gasteiger partial charge >= 0.3 is 0 Å². The largest absolute Gasteiger partial charge is 0.394 e. The summed E-state index contributed by atoms with van der Waals surface area (Å²) < 4.78 is 5.71. The summed E-state index contributed by atoms with van der Waals surface area (Å²) >= 11 is 0. The quantitative estimate of drug-likeness (QED) is 0.539. The molecular weight excluding hydrogens is 402 g/mol. The first kappa shape index (κ1) is 23.1. The van der Waals surface area contributed by atoms with Gasteiger partial charge < -0.3 is 30.3 Å². The molecule has 2 aromatic rings. The Morgan fingerprint density at radius 1 is 1.23 bits per heavy atom. The number of fused-ring (bicyclic) bond motifs is 1. The molecule has 1 aromatic carbocycles. The molecule has 1 aromatic heterocycles. The van der Waals surface area contributed by atoms with E-state index in [2.05, 4.69) is 10.3 Å². The van der Waals surface area contributed by atoms with Gasteiger partial charge in [-0.05, 0) is 32.9 Å². The lowest BCUT2D eigenvalue weighted by molar-refractivity contribution is -0.209. The van der Waals surface area contributed by atoms with E-state index < -0.39 is 48.5 Å². The molecule has 2 amide bonds. The number of aliphatic hydroxyl groups is 3. The normalized spacial score (nSPS) is 24.1. The fourth-order valence-electron chi connectivity index (χ4n) is 3.63. The molecule has 3 rings (SSSR count). The lowest BCUT2D eigenvalue weighted by Crippen LogP contribution is -2.58. The van der Waals surface area contributed by atoms with Crippen molar-refractivity contribution in [2.75, 3.05) is 13.2 Å². The number of para-hydroxylation sites is 1. The zero-order valence-electron chi connectivity index (χ0n) is 17.9. The molecule has 0 radical (unpaired) electrons. The maximum atomic E-state index is 13.6. The first-order valence-electron chi connectivity index (χ1n) is 10.2. The van der Waals surface area contributed by atoms with Crippen molar-refractivity contribution in [2.24, 2.45) is 0 Å². The van der Waals surface area contributed by atoms with Crippen molar-refractivity contribution < 1.29 is 29.6 Å². The molecule has 0 spiro atoms. The number of carbonyl (C=O) groups excluding carboxylic acids is 2. The summed E-state index contributed by atoms with van der Waals surface area (Å²) in [6.45, 7) is 4.60. The van der Waals surface area contributed by atoms with E-state index in [1.165, 1.54) is 4.90 Å². The predicted octanol–water partition coefficient (Wildman–Crippen LogP) is 0.421. The fourth-order valence-corrected chi connectivity index (χ4v) is 3.63. The molecule has 9 heteroatoms. The molecule has 1 unspecified atom stereocenters. The van der Waals surface area contributed by atoms with Gasteiger partial charge in [-0.15, -0.1) is 0 Å². The van der Waals surface area contributed by atoms with Crippen LogP contribution in [0.15, 0.2) is 36.5 Å². The van der Waals surface area contributed by atoms with Crippen LogP contribution < -0.4 is 5.32 Å². The summed E-state index contributed by atoms with van der Waals surface area (Å²) in [7, 11) is 0. The summed E-state index contributed by atoms with van der Waals surface area (Å²) in [5.74, 6) is -0.905. The third-order valence-corrected chi connectivity index (χ3v) is 5.03. The Morgan fingerprint density at radius 3 is 2.61 bits per heavy atom. The number of aliphatic hydroxyl groups excluding tert-OH is 3. The highest BCUT2D eigenvalue weighted by Gasteiger charge is 2.41. The first-order valence-corrected chi connectivity index (χ1v) is 10.2. The lowest BCUT2D eigenvalue weighted by atomic mass is 9.99. The maximum absolute atomic E-state index is 13.6. The highest BCUT2D eigenvalue weighted by atomic mass is 16.5. The van der Waals surface area contributed by atoms with E-state index in [9.17, 15) is 24.9 Å². The van der Waals surface area contributed by atoms with E-state index in [1.807, 2.05) is 32.9 Å². The highest BCUT2D eigenvalue weighted by molar-refractivity contribution is 6.06. The van der Waals surface area contributed by atoms with Crippen LogP contribution in [0.2, 0.25) is 0 Å². The van der Waals surface area contributed by atoms with Crippen LogP contribution in [0, 0.1) is 0 Å². The van der Waals surface area contributed by atoms with Gasteiger partial charge in [0.1, 0.15) is 25.0 Å². The molecular formula is C22H29N3O6. The predicted molar refractivity (Wildman–Crippen MR) is 113 cm³/mol. The van der Waals surface area contributed by atoms with E-state index >= 15 is 0 Å². The maximum Gasteiger partial charge on any atom is 0.258 e. The number of carbonyl (C=O) groups is 2. The molecule has 4 N–H and O–H groups in total. The number of benzene rings is 1. The molecule has 2 heterocycles. The smallest absolute Gasteiger partial charge is 0.258 e. The van der Waals surface area contributed by atoms with Crippen LogP contribution in [0.5, 0.6) is 0 Å². The van der Waals surface area contributed by atoms with Crippen LogP contribution in [0.4, 0.5) is 0 Å². The van der Waals surface area contributed by atoms with Gasteiger partial charge in [0.05, 0.1) is 23.8 Å². The molecule has 1 fully saturated rings. The van der Waals surface area contributed by atoms with Gasteiger partial charge in [0.25, 0.3) is 5.91 Å². The van der Waals surface area contributed by atoms with Crippen molar-refractivity contribution >= 4 is 22.7 Å². The molecule has 168 valence electrons. The Bertz CT molecular complexity index is 939. The first-order chi connectivity index (χ1) is 14.6. The number of ether oxygens (including phenoxy) is 1. The van der Waals surface area contributed by atoms with E-state index in [1.54, 1.807) is 24.4 Å². The number of pyridine rings is 1. The number of rotatable bonds is 5. The molecule has 1 aliphatic heterocycles. The third kappa shape index (κ3) is 5.37. The van der Waals surface area contributed by atoms with E-state index in [0.717, 1.165) is 5.39 Å². The van der Waals surface area contributed by atoms with Gasteiger partial charge in [0.15, 0.2) is 0 Å². The van der Waals surface area contributed by atoms with Crippen molar-refractivity contribution in [3.63, 3.8) is 0 Å². The van der Waals surface area contributed by atoms with Crippen LogP contribution in [0.25, 0.3) is 10.9 Å². The third-order valence-electron chi connectivity index (χ3n) is 5.03. The minimum absolute atomic E-state index is 0.107. The topological polar surface area (TPSA) is 132 Å². The van der Waals surface area contributed by atoms with E-state index in [0.29, 0.717) is 5.52 Å². The average molecular weight is 431 g/mol. The fraction of sp³-hybridized carbons (Fsp3) is 0.500. The number of nitrogens with one attached hydrogen (secondary N) is 1. The highest BCUT2D eigenvalue weighted by Crippen LogP contribution is 2.26. The minimum Gasteiger partial charge on any atom is -0.394 e. The second-order valence-electron chi connectivity index (χ2n) is 8.72. The van der Waals surface area contributed by atoms with Crippen LogP contribution >= 0.6 is 0 Å². The van der Waals surface area contributed by atoms with Gasteiger partial charge in [-0.1, -0.05) is 18.2 Å². The van der Waals surface area contributed by atoms with Gasteiger partial charge in [-0.25, -0.2) is 0 Å². The number of amides is 2. The molecule has 31 heavy (non-hydrogen) atoms. The van der Waals surface area contributed by atoms with Crippen molar-refractivity contribution in [1.82, 2.24) is 15.2 Å². The standard InChI is InChI=1S/C22H29N3O6/c1-22(2,3)24-17(28)11-25(18-10-15(27)20(29)16(12-26)31-18)21(30)14-8-4-6-13-7-5-9-23-19(13)14/h4-9,15-16,18,20,26-27,29H,10-12H2,1-3H3,(H,24,28)/t15-,16?,18-,20-/m1/s1. The molecule has 4 atom stereocenters.